The van der Waals surface area contributed by atoms with Crippen LogP contribution in [0.25, 0.3) is 11.0 Å². The second-order valence-corrected chi connectivity index (χ2v) is 4.46. The van der Waals surface area contributed by atoms with Gasteiger partial charge in [-0.1, -0.05) is 0 Å². The smallest absolute Gasteiger partial charge is 0.134 e. The summed E-state index contributed by atoms with van der Waals surface area (Å²) in [4.78, 5) is 0. The average molecular weight is 266 g/mol. The minimum Gasteiger partial charge on any atom is -0.459 e. The van der Waals surface area contributed by atoms with Crippen molar-refractivity contribution < 1.29 is 18.3 Å². The van der Waals surface area contributed by atoms with Crippen LogP contribution in [-0.2, 0) is 9.47 Å². The Kier molecular flexibility index (Phi) is 3.48. The van der Waals surface area contributed by atoms with Crippen molar-refractivity contribution in [2.75, 3.05) is 19.8 Å². The molecule has 5 nitrogen and oxygen atoms in total. The van der Waals surface area contributed by atoms with Crippen molar-refractivity contribution in [3.05, 3.63) is 35.8 Å². The number of fused-ring (bicyclic) bond motifs is 1. The molecule has 1 aromatic heterocycles. The third-order valence-corrected chi connectivity index (χ3v) is 3.20. The summed E-state index contributed by atoms with van der Waals surface area (Å²) in [5.41, 5.74) is 3.29. The number of hydrogen-bond acceptors (Lipinski definition) is 5. The largest absolute Gasteiger partial charge is 0.459 e. The van der Waals surface area contributed by atoms with Crippen molar-refractivity contribution in [2.45, 2.75) is 12.1 Å². The van der Waals surface area contributed by atoms with E-state index in [9.17, 15) is 4.39 Å². The Bertz CT molecular complexity index is 566. The lowest BCUT2D eigenvalue weighted by Gasteiger charge is -2.28. The highest BCUT2D eigenvalue weighted by Gasteiger charge is 2.28. The number of rotatable bonds is 3. The molecule has 0 saturated carbocycles. The lowest BCUT2D eigenvalue weighted by Crippen LogP contribution is -2.43. The van der Waals surface area contributed by atoms with E-state index in [2.05, 4.69) is 5.43 Å². The molecule has 1 saturated heterocycles. The van der Waals surface area contributed by atoms with Gasteiger partial charge in [0.1, 0.15) is 29.3 Å². The van der Waals surface area contributed by atoms with Crippen LogP contribution in [0.1, 0.15) is 11.8 Å². The Morgan fingerprint density at radius 3 is 2.95 bits per heavy atom. The van der Waals surface area contributed by atoms with Crippen molar-refractivity contribution in [1.82, 2.24) is 5.43 Å². The zero-order chi connectivity index (χ0) is 13.2. The topological polar surface area (TPSA) is 69.7 Å². The van der Waals surface area contributed by atoms with E-state index in [1.54, 1.807) is 12.1 Å². The molecule has 1 aromatic carbocycles. The summed E-state index contributed by atoms with van der Waals surface area (Å²) in [5, 5.41) is 0.701. The molecule has 1 fully saturated rings. The highest BCUT2D eigenvalue weighted by Crippen LogP contribution is 2.28. The first-order valence-corrected chi connectivity index (χ1v) is 6.12. The molecule has 2 heterocycles. The first kappa shape index (κ1) is 12.6. The molecule has 3 rings (SSSR count). The fourth-order valence-corrected chi connectivity index (χ4v) is 2.26. The van der Waals surface area contributed by atoms with Gasteiger partial charge in [0.05, 0.1) is 19.8 Å². The lowest BCUT2D eigenvalue weighted by atomic mass is 10.1. The molecule has 0 bridgehead atoms. The zero-order valence-electron chi connectivity index (χ0n) is 10.3. The van der Waals surface area contributed by atoms with Crippen molar-refractivity contribution >= 4 is 11.0 Å². The third kappa shape index (κ3) is 2.48. The number of furan rings is 1. The molecule has 3 N–H and O–H groups in total. The highest BCUT2D eigenvalue weighted by molar-refractivity contribution is 5.78. The Morgan fingerprint density at radius 2 is 2.21 bits per heavy atom. The van der Waals surface area contributed by atoms with Gasteiger partial charge in [0, 0.05) is 5.39 Å². The van der Waals surface area contributed by atoms with Crippen LogP contribution in [0.4, 0.5) is 4.39 Å². The van der Waals surface area contributed by atoms with Gasteiger partial charge in [-0.2, -0.15) is 0 Å². The number of halogens is 1. The molecule has 0 radical (unpaired) electrons. The predicted molar refractivity (Wildman–Crippen MR) is 66.8 cm³/mol. The van der Waals surface area contributed by atoms with Crippen molar-refractivity contribution in [3.63, 3.8) is 0 Å². The lowest BCUT2D eigenvalue weighted by molar-refractivity contribution is -0.104. The van der Waals surface area contributed by atoms with E-state index in [1.807, 2.05) is 0 Å². The van der Waals surface area contributed by atoms with Gasteiger partial charge < -0.3 is 13.9 Å². The van der Waals surface area contributed by atoms with E-state index in [-0.39, 0.29) is 18.0 Å². The first-order chi connectivity index (χ1) is 9.28. The van der Waals surface area contributed by atoms with Crippen LogP contribution in [0.15, 0.2) is 28.7 Å². The maximum Gasteiger partial charge on any atom is 0.134 e. The summed E-state index contributed by atoms with van der Waals surface area (Å²) in [7, 11) is 0. The van der Waals surface area contributed by atoms with Gasteiger partial charge in [-0.3, -0.25) is 5.84 Å². The van der Waals surface area contributed by atoms with Gasteiger partial charge >= 0.3 is 0 Å². The Labute approximate surface area is 109 Å². The minimum absolute atomic E-state index is 0.218. The molecule has 1 aliphatic rings. The molecular weight excluding hydrogens is 251 g/mol. The number of nitrogens with two attached hydrogens (primary N) is 1. The van der Waals surface area contributed by atoms with Gasteiger partial charge in [0.25, 0.3) is 0 Å². The molecule has 102 valence electrons. The summed E-state index contributed by atoms with van der Waals surface area (Å²) in [6.45, 7) is 1.55. The molecule has 19 heavy (non-hydrogen) atoms. The van der Waals surface area contributed by atoms with Crippen LogP contribution in [0.3, 0.4) is 0 Å². The van der Waals surface area contributed by atoms with Crippen LogP contribution >= 0.6 is 0 Å². The summed E-state index contributed by atoms with van der Waals surface area (Å²) in [6, 6.07) is 5.83. The van der Waals surface area contributed by atoms with E-state index in [0.29, 0.717) is 36.6 Å². The molecule has 2 aromatic rings. The van der Waals surface area contributed by atoms with Crippen LogP contribution in [-0.4, -0.2) is 25.9 Å². The predicted octanol–water partition coefficient (Wildman–Crippen LogP) is 1.49. The number of nitrogens with one attached hydrogen (secondary N) is 1. The van der Waals surface area contributed by atoms with Gasteiger partial charge in [-0.05, 0) is 24.3 Å². The van der Waals surface area contributed by atoms with Gasteiger partial charge in [-0.15, -0.1) is 0 Å². The second-order valence-electron chi connectivity index (χ2n) is 4.46. The molecule has 2 atom stereocenters. The maximum atomic E-state index is 13.2. The Morgan fingerprint density at radius 1 is 1.32 bits per heavy atom. The Hall–Kier alpha value is -1.47. The summed E-state index contributed by atoms with van der Waals surface area (Å²) in [5.74, 6) is 5.88. The number of benzene rings is 1. The minimum atomic E-state index is -0.323. The SMILES string of the molecule is NNC(c1cc2cc(F)ccc2o1)C1COCCO1. The monoisotopic (exact) mass is 266 g/mol. The summed E-state index contributed by atoms with van der Waals surface area (Å²) in [6.07, 6.45) is -0.218. The van der Waals surface area contributed by atoms with E-state index in [0.717, 1.165) is 0 Å². The van der Waals surface area contributed by atoms with Crippen molar-refractivity contribution in [1.29, 1.82) is 0 Å². The second kappa shape index (κ2) is 5.26. The fraction of sp³-hybridized carbons (Fsp3) is 0.385. The van der Waals surface area contributed by atoms with E-state index in [4.69, 9.17) is 19.7 Å². The normalized spacial score (nSPS) is 21.7. The molecule has 0 amide bonds. The van der Waals surface area contributed by atoms with Crippen LogP contribution in [0, 0.1) is 5.82 Å². The van der Waals surface area contributed by atoms with E-state index < -0.39 is 0 Å². The zero-order valence-corrected chi connectivity index (χ0v) is 10.3. The van der Waals surface area contributed by atoms with Gasteiger partial charge in [-0.25, -0.2) is 9.82 Å². The summed E-state index contributed by atoms with van der Waals surface area (Å²) >= 11 is 0. The Balaban J connectivity index is 1.91. The average Bonchev–Trinajstić information content (AvgIpc) is 2.83. The molecule has 0 aliphatic carbocycles. The molecule has 0 spiro atoms. The number of hydrogen-bond donors (Lipinski definition) is 2. The third-order valence-electron chi connectivity index (χ3n) is 3.20. The summed E-state index contributed by atoms with van der Waals surface area (Å²) < 4.78 is 29.8. The molecule has 2 unspecified atom stereocenters. The van der Waals surface area contributed by atoms with Crippen LogP contribution < -0.4 is 11.3 Å². The number of ether oxygens (including phenoxy) is 2. The molecule has 6 heteroatoms. The highest BCUT2D eigenvalue weighted by atomic mass is 19.1. The molecule has 1 aliphatic heterocycles. The van der Waals surface area contributed by atoms with Crippen LogP contribution in [0.5, 0.6) is 0 Å². The van der Waals surface area contributed by atoms with Crippen molar-refractivity contribution in [3.8, 4) is 0 Å². The first-order valence-electron chi connectivity index (χ1n) is 6.12. The van der Waals surface area contributed by atoms with Crippen molar-refractivity contribution in [2.24, 2.45) is 5.84 Å². The van der Waals surface area contributed by atoms with Gasteiger partial charge in [0.15, 0.2) is 0 Å². The molecular formula is C13H15FN2O3. The van der Waals surface area contributed by atoms with Crippen LogP contribution in [0.2, 0.25) is 0 Å². The number of hydrazine groups is 1. The van der Waals surface area contributed by atoms with E-state index >= 15 is 0 Å². The fourth-order valence-electron chi connectivity index (χ4n) is 2.26. The quantitative estimate of drug-likeness (QED) is 0.650. The standard InChI is InChI=1S/C13H15FN2O3/c14-9-1-2-10-8(5-9)6-11(19-10)13(16-15)12-7-17-3-4-18-12/h1-2,5-6,12-13,16H,3-4,7,15H2. The maximum absolute atomic E-state index is 13.2. The van der Waals surface area contributed by atoms with Gasteiger partial charge in [0.2, 0.25) is 0 Å². The van der Waals surface area contributed by atoms with E-state index in [1.165, 1.54) is 12.1 Å².